The molecule has 20 heavy (non-hydrogen) atoms. The lowest BCUT2D eigenvalue weighted by Gasteiger charge is -2.15. The standard InChI is InChI=1S/C16H23N3O/c1-2-20-10-6-9-19-13-18-12-16(19)15(17)11-14-7-4-3-5-8-14/h3-5,7-8,12-13,15H,2,6,9-11,17H2,1H3/t15-/m1/s1. The predicted molar refractivity (Wildman–Crippen MR) is 80.4 cm³/mol. The Labute approximate surface area is 120 Å². The maximum Gasteiger partial charge on any atom is 0.0948 e. The molecule has 4 nitrogen and oxygen atoms in total. The molecular formula is C16H23N3O. The molecule has 2 rings (SSSR count). The summed E-state index contributed by atoms with van der Waals surface area (Å²) in [7, 11) is 0. The van der Waals surface area contributed by atoms with Crippen LogP contribution >= 0.6 is 0 Å². The van der Waals surface area contributed by atoms with Crippen molar-refractivity contribution < 1.29 is 4.74 Å². The summed E-state index contributed by atoms with van der Waals surface area (Å²) >= 11 is 0. The molecule has 0 spiro atoms. The zero-order chi connectivity index (χ0) is 14.2. The van der Waals surface area contributed by atoms with E-state index in [9.17, 15) is 0 Å². The minimum absolute atomic E-state index is 0.0213. The number of hydrogen-bond donors (Lipinski definition) is 1. The minimum Gasteiger partial charge on any atom is -0.382 e. The topological polar surface area (TPSA) is 53.1 Å². The van der Waals surface area contributed by atoms with Gasteiger partial charge in [-0.3, -0.25) is 0 Å². The van der Waals surface area contributed by atoms with Gasteiger partial charge in [-0.1, -0.05) is 30.3 Å². The number of nitrogens with zero attached hydrogens (tertiary/aromatic N) is 2. The fraction of sp³-hybridized carbons (Fsp3) is 0.438. The third kappa shape index (κ3) is 4.18. The maximum atomic E-state index is 6.31. The number of aromatic nitrogens is 2. The Bertz CT molecular complexity index is 495. The van der Waals surface area contributed by atoms with E-state index in [0.29, 0.717) is 0 Å². The van der Waals surface area contributed by atoms with Crippen molar-refractivity contribution in [3.05, 3.63) is 54.1 Å². The molecule has 1 atom stereocenters. The molecule has 0 aliphatic rings. The van der Waals surface area contributed by atoms with Crippen molar-refractivity contribution in [1.82, 2.24) is 9.55 Å². The molecule has 1 aromatic carbocycles. The molecule has 2 N–H and O–H groups in total. The molecule has 0 bridgehead atoms. The van der Waals surface area contributed by atoms with Crippen LogP contribution in [-0.2, 0) is 17.7 Å². The van der Waals surface area contributed by atoms with Crippen LogP contribution in [0.15, 0.2) is 42.9 Å². The van der Waals surface area contributed by atoms with Crippen LogP contribution in [0.25, 0.3) is 0 Å². The predicted octanol–water partition coefficient (Wildman–Crippen LogP) is 2.55. The summed E-state index contributed by atoms with van der Waals surface area (Å²) in [5, 5.41) is 0. The van der Waals surface area contributed by atoms with Gasteiger partial charge in [-0.25, -0.2) is 4.98 Å². The number of aryl methyl sites for hydroxylation is 1. The van der Waals surface area contributed by atoms with Crippen molar-refractivity contribution in [2.45, 2.75) is 32.4 Å². The van der Waals surface area contributed by atoms with Crippen LogP contribution < -0.4 is 5.73 Å². The lowest BCUT2D eigenvalue weighted by atomic mass is 10.0. The molecule has 0 aliphatic carbocycles. The summed E-state index contributed by atoms with van der Waals surface area (Å²) in [6.45, 7) is 4.46. The Morgan fingerprint density at radius 2 is 2.10 bits per heavy atom. The summed E-state index contributed by atoms with van der Waals surface area (Å²) in [4.78, 5) is 4.23. The van der Waals surface area contributed by atoms with Gasteiger partial charge in [0.05, 0.1) is 18.1 Å². The summed E-state index contributed by atoms with van der Waals surface area (Å²) in [5.74, 6) is 0. The summed E-state index contributed by atoms with van der Waals surface area (Å²) in [6, 6.07) is 10.3. The fourth-order valence-corrected chi connectivity index (χ4v) is 2.28. The third-order valence-corrected chi connectivity index (χ3v) is 3.31. The Hall–Kier alpha value is -1.65. The first kappa shape index (κ1) is 14.8. The molecule has 2 aromatic rings. The molecular weight excluding hydrogens is 250 g/mol. The monoisotopic (exact) mass is 273 g/mol. The first-order chi connectivity index (χ1) is 9.81. The van der Waals surface area contributed by atoms with Crippen LogP contribution in [0.3, 0.4) is 0 Å². The minimum atomic E-state index is -0.0213. The SMILES string of the molecule is CCOCCCn1cncc1[C@H](N)Cc1ccccc1. The summed E-state index contributed by atoms with van der Waals surface area (Å²) < 4.78 is 7.49. The smallest absolute Gasteiger partial charge is 0.0948 e. The number of rotatable bonds is 8. The van der Waals surface area contributed by atoms with Crippen molar-refractivity contribution in [2.24, 2.45) is 5.73 Å². The number of nitrogens with two attached hydrogens (primary N) is 1. The molecule has 0 saturated heterocycles. The molecule has 1 heterocycles. The second-order valence-electron chi connectivity index (χ2n) is 4.86. The molecule has 0 aliphatic heterocycles. The van der Waals surface area contributed by atoms with Gasteiger partial charge in [-0.05, 0) is 25.3 Å². The van der Waals surface area contributed by atoms with Gasteiger partial charge < -0.3 is 15.0 Å². The normalized spacial score (nSPS) is 12.5. The lowest BCUT2D eigenvalue weighted by molar-refractivity contribution is 0.141. The van der Waals surface area contributed by atoms with Crippen LogP contribution in [0, 0.1) is 0 Å². The average molecular weight is 273 g/mol. The highest BCUT2D eigenvalue weighted by Crippen LogP contribution is 2.16. The molecule has 4 heteroatoms. The van der Waals surface area contributed by atoms with Crippen molar-refractivity contribution in [2.75, 3.05) is 13.2 Å². The Balaban J connectivity index is 1.93. The second-order valence-corrected chi connectivity index (χ2v) is 4.86. The summed E-state index contributed by atoms with van der Waals surface area (Å²) in [6.07, 6.45) is 5.54. The highest BCUT2D eigenvalue weighted by atomic mass is 16.5. The zero-order valence-corrected chi connectivity index (χ0v) is 12.0. The van der Waals surface area contributed by atoms with Crippen LogP contribution in [0.2, 0.25) is 0 Å². The van der Waals surface area contributed by atoms with Gasteiger partial charge >= 0.3 is 0 Å². The highest BCUT2D eigenvalue weighted by molar-refractivity contribution is 5.18. The van der Waals surface area contributed by atoms with Gasteiger partial charge in [-0.15, -0.1) is 0 Å². The maximum absolute atomic E-state index is 6.31. The van der Waals surface area contributed by atoms with Crippen molar-refractivity contribution >= 4 is 0 Å². The molecule has 0 saturated carbocycles. The Morgan fingerprint density at radius 1 is 1.30 bits per heavy atom. The van der Waals surface area contributed by atoms with E-state index in [4.69, 9.17) is 10.5 Å². The van der Waals surface area contributed by atoms with E-state index in [1.165, 1.54) is 5.56 Å². The first-order valence-electron chi connectivity index (χ1n) is 7.18. The molecule has 0 radical (unpaired) electrons. The average Bonchev–Trinajstić information content (AvgIpc) is 2.93. The highest BCUT2D eigenvalue weighted by Gasteiger charge is 2.12. The van der Waals surface area contributed by atoms with Gasteiger partial charge in [-0.2, -0.15) is 0 Å². The first-order valence-corrected chi connectivity index (χ1v) is 7.18. The molecule has 0 fully saturated rings. The van der Waals surface area contributed by atoms with E-state index >= 15 is 0 Å². The molecule has 0 unspecified atom stereocenters. The summed E-state index contributed by atoms with van der Waals surface area (Å²) in [5.41, 5.74) is 8.65. The van der Waals surface area contributed by atoms with E-state index in [1.807, 2.05) is 37.6 Å². The van der Waals surface area contributed by atoms with Crippen LogP contribution in [0.1, 0.15) is 30.6 Å². The van der Waals surface area contributed by atoms with E-state index in [-0.39, 0.29) is 6.04 Å². The van der Waals surface area contributed by atoms with Crippen molar-refractivity contribution in [3.63, 3.8) is 0 Å². The van der Waals surface area contributed by atoms with Crippen LogP contribution in [0.4, 0.5) is 0 Å². The van der Waals surface area contributed by atoms with Crippen molar-refractivity contribution in [1.29, 1.82) is 0 Å². The van der Waals surface area contributed by atoms with E-state index in [1.54, 1.807) is 0 Å². The lowest BCUT2D eigenvalue weighted by Crippen LogP contribution is -2.18. The fourth-order valence-electron chi connectivity index (χ4n) is 2.28. The number of imidazole rings is 1. The van der Waals surface area contributed by atoms with Gasteiger partial charge in [0.25, 0.3) is 0 Å². The quantitative estimate of drug-likeness (QED) is 0.752. The van der Waals surface area contributed by atoms with Gasteiger partial charge in [0.15, 0.2) is 0 Å². The molecule has 0 amide bonds. The van der Waals surface area contributed by atoms with Crippen LogP contribution in [-0.4, -0.2) is 22.8 Å². The zero-order valence-electron chi connectivity index (χ0n) is 12.0. The Morgan fingerprint density at radius 3 is 2.85 bits per heavy atom. The second kappa shape index (κ2) is 7.82. The van der Waals surface area contributed by atoms with Gasteiger partial charge in [0.2, 0.25) is 0 Å². The van der Waals surface area contributed by atoms with E-state index in [0.717, 1.165) is 38.3 Å². The molecule has 1 aromatic heterocycles. The number of ether oxygens (including phenoxy) is 1. The van der Waals surface area contributed by atoms with Gasteiger partial charge in [0.1, 0.15) is 0 Å². The van der Waals surface area contributed by atoms with E-state index in [2.05, 4.69) is 21.7 Å². The van der Waals surface area contributed by atoms with Crippen LogP contribution in [0.5, 0.6) is 0 Å². The number of benzene rings is 1. The number of hydrogen-bond acceptors (Lipinski definition) is 3. The molecule has 108 valence electrons. The van der Waals surface area contributed by atoms with Crippen molar-refractivity contribution in [3.8, 4) is 0 Å². The van der Waals surface area contributed by atoms with E-state index < -0.39 is 0 Å². The Kier molecular flexibility index (Phi) is 5.77. The largest absolute Gasteiger partial charge is 0.382 e. The van der Waals surface area contributed by atoms with Gasteiger partial charge in [0, 0.05) is 26.0 Å². The third-order valence-electron chi connectivity index (χ3n) is 3.31.